The number of rotatable bonds is 3. The molecule has 0 aliphatic carbocycles. The molecular formula is C17H20N4O3S. The van der Waals surface area contributed by atoms with E-state index in [1.807, 2.05) is 31.2 Å². The minimum atomic E-state index is -0.512. The second-order valence-electron chi connectivity index (χ2n) is 5.70. The van der Waals surface area contributed by atoms with E-state index in [1.54, 1.807) is 11.8 Å². The zero-order valence-corrected chi connectivity index (χ0v) is 15.0. The van der Waals surface area contributed by atoms with E-state index in [1.165, 1.54) is 11.3 Å². The Kier molecular flexibility index (Phi) is 5.18. The maximum atomic E-state index is 12.4. The topological polar surface area (TPSA) is 83.6 Å². The summed E-state index contributed by atoms with van der Waals surface area (Å²) in [5.41, 5.74) is 2.85. The Morgan fingerprint density at radius 2 is 2.04 bits per heavy atom. The molecule has 2 N–H and O–H groups in total. The van der Waals surface area contributed by atoms with Crippen LogP contribution in [0.1, 0.15) is 23.1 Å². The van der Waals surface area contributed by atoms with E-state index >= 15 is 0 Å². The van der Waals surface area contributed by atoms with Crippen LogP contribution >= 0.6 is 11.3 Å². The number of nitrogens with one attached hydrogen (secondary N) is 2. The van der Waals surface area contributed by atoms with Crippen LogP contribution in [0, 0.1) is 6.92 Å². The molecule has 0 spiro atoms. The summed E-state index contributed by atoms with van der Waals surface area (Å²) < 4.78 is 4.85. The summed E-state index contributed by atoms with van der Waals surface area (Å²) >= 11 is 1.37. The van der Waals surface area contributed by atoms with Gasteiger partial charge in [-0.05, 0) is 26.0 Å². The minimum Gasteiger partial charge on any atom is -0.450 e. The summed E-state index contributed by atoms with van der Waals surface area (Å²) in [5.74, 6) is 0. The van der Waals surface area contributed by atoms with Gasteiger partial charge in [0.2, 0.25) is 0 Å². The standard InChI is InChI=1S/C17H20N4O3S/c1-3-24-17(23)20-15-19-13-8-9-21(10-14(13)25-15)16(22)18-12-6-4-11(2)5-7-12/h4-7H,3,8-10H2,1-2H3,(H,18,22)(H,19,20,23). The first-order valence-corrected chi connectivity index (χ1v) is 8.91. The molecule has 3 amide bonds. The Morgan fingerprint density at radius 1 is 1.28 bits per heavy atom. The lowest BCUT2D eigenvalue weighted by atomic mass is 10.2. The van der Waals surface area contributed by atoms with Crippen molar-refractivity contribution in [1.82, 2.24) is 9.88 Å². The number of anilines is 2. The van der Waals surface area contributed by atoms with Crippen LogP contribution < -0.4 is 10.6 Å². The molecule has 132 valence electrons. The van der Waals surface area contributed by atoms with Gasteiger partial charge in [0.15, 0.2) is 5.13 Å². The lowest BCUT2D eigenvalue weighted by Gasteiger charge is -2.26. The Morgan fingerprint density at radius 3 is 2.76 bits per heavy atom. The molecule has 0 atom stereocenters. The fourth-order valence-corrected chi connectivity index (χ4v) is 3.53. The van der Waals surface area contributed by atoms with Gasteiger partial charge in [-0.25, -0.2) is 14.6 Å². The largest absolute Gasteiger partial charge is 0.450 e. The first kappa shape index (κ1) is 17.2. The number of urea groups is 1. The number of amides is 3. The normalized spacial score (nSPS) is 13.1. The van der Waals surface area contributed by atoms with E-state index in [2.05, 4.69) is 15.6 Å². The van der Waals surface area contributed by atoms with Crippen LogP contribution in [0.5, 0.6) is 0 Å². The molecule has 0 fully saturated rings. The zero-order valence-electron chi connectivity index (χ0n) is 14.2. The lowest BCUT2D eigenvalue weighted by Crippen LogP contribution is -2.38. The van der Waals surface area contributed by atoms with Gasteiger partial charge < -0.3 is 15.0 Å². The Balaban J connectivity index is 1.62. The average molecular weight is 360 g/mol. The van der Waals surface area contributed by atoms with Crippen LogP contribution in [-0.4, -0.2) is 35.2 Å². The van der Waals surface area contributed by atoms with Gasteiger partial charge in [-0.2, -0.15) is 0 Å². The molecule has 1 aromatic heterocycles. The van der Waals surface area contributed by atoms with Crippen molar-refractivity contribution in [2.24, 2.45) is 0 Å². The number of aryl methyl sites for hydroxylation is 1. The molecule has 0 unspecified atom stereocenters. The number of fused-ring (bicyclic) bond motifs is 1. The van der Waals surface area contributed by atoms with Gasteiger partial charge in [0.1, 0.15) is 0 Å². The van der Waals surface area contributed by atoms with Crippen molar-refractivity contribution in [3.8, 4) is 0 Å². The molecular weight excluding hydrogens is 340 g/mol. The molecule has 1 aliphatic rings. The van der Waals surface area contributed by atoms with E-state index < -0.39 is 6.09 Å². The van der Waals surface area contributed by atoms with Crippen LogP contribution in [0.25, 0.3) is 0 Å². The summed E-state index contributed by atoms with van der Waals surface area (Å²) in [7, 11) is 0. The second kappa shape index (κ2) is 7.52. The SMILES string of the molecule is CCOC(=O)Nc1nc2c(s1)CN(C(=O)Nc1ccc(C)cc1)CC2. The number of nitrogens with zero attached hydrogens (tertiary/aromatic N) is 2. The highest BCUT2D eigenvalue weighted by Gasteiger charge is 2.24. The number of ether oxygens (including phenoxy) is 1. The molecule has 0 saturated heterocycles. The van der Waals surface area contributed by atoms with Gasteiger partial charge in [0.05, 0.1) is 18.8 Å². The molecule has 0 radical (unpaired) electrons. The summed E-state index contributed by atoms with van der Waals surface area (Å²) in [6.07, 6.45) is 0.153. The van der Waals surface area contributed by atoms with Crippen LogP contribution in [0.4, 0.5) is 20.4 Å². The molecule has 1 aromatic carbocycles. The Bertz CT molecular complexity index is 773. The van der Waals surface area contributed by atoms with E-state index in [-0.39, 0.29) is 6.03 Å². The van der Waals surface area contributed by atoms with Crippen LogP contribution in [0.2, 0.25) is 0 Å². The van der Waals surface area contributed by atoms with Gasteiger partial charge >= 0.3 is 12.1 Å². The summed E-state index contributed by atoms with van der Waals surface area (Å²) in [4.78, 5) is 31.1. The monoisotopic (exact) mass is 360 g/mol. The van der Waals surface area contributed by atoms with Crippen LogP contribution in [0.3, 0.4) is 0 Å². The summed E-state index contributed by atoms with van der Waals surface area (Å²) in [6.45, 7) is 5.13. The smallest absolute Gasteiger partial charge is 0.413 e. The summed E-state index contributed by atoms with van der Waals surface area (Å²) in [5, 5.41) is 6.03. The molecule has 25 heavy (non-hydrogen) atoms. The molecule has 7 nitrogen and oxygen atoms in total. The van der Waals surface area contributed by atoms with Crippen molar-refractivity contribution in [3.05, 3.63) is 40.4 Å². The number of carbonyl (C=O) groups is 2. The average Bonchev–Trinajstić information content (AvgIpc) is 2.98. The number of aromatic nitrogens is 1. The molecule has 8 heteroatoms. The van der Waals surface area contributed by atoms with Gasteiger partial charge in [-0.1, -0.05) is 29.0 Å². The lowest BCUT2D eigenvalue weighted by molar-refractivity contribution is 0.168. The first-order chi connectivity index (χ1) is 12.0. The van der Waals surface area contributed by atoms with Crippen molar-refractivity contribution >= 4 is 34.3 Å². The minimum absolute atomic E-state index is 0.136. The Labute approximate surface area is 150 Å². The quantitative estimate of drug-likeness (QED) is 0.876. The van der Waals surface area contributed by atoms with E-state index in [0.29, 0.717) is 31.2 Å². The van der Waals surface area contributed by atoms with Gasteiger partial charge in [-0.15, -0.1) is 0 Å². The van der Waals surface area contributed by atoms with Gasteiger partial charge in [0, 0.05) is 23.5 Å². The number of hydrogen-bond donors (Lipinski definition) is 2. The van der Waals surface area contributed by atoms with Crippen molar-refractivity contribution in [2.45, 2.75) is 26.8 Å². The van der Waals surface area contributed by atoms with Gasteiger partial charge in [-0.3, -0.25) is 5.32 Å². The number of hydrogen-bond acceptors (Lipinski definition) is 5. The van der Waals surface area contributed by atoms with E-state index in [0.717, 1.165) is 21.8 Å². The van der Waals surface area contributed by atoms with Crippen LogP contribution in [-0.2, 0) is 17.7 Å². The first-order valence-electron chi connectivity index (χ1n) is 8.10. The van der Waals surface area contributed by atoms with Gasteiger partial charge in [0.25, 0.3) is 0 Å². The predicted molar refractivity (Wildman–Crippen MR) is 97.1 cm³/mol. The zero-order chi connectivity index (χ0) is 17.8. The fraction of sp³-hybridized carbons (Fsp3) is 0.353. The van der Waals surface area contributed by atoms with Crippen LogP contribution in [0.15, 0.2) is 24.3 Å². The molecule has 2 heterocycles. The van der Waals surface area contributed by atoms with Crippen molar-refractivity contribution in [2.75, 3.05) is 23.8 Å². The maximum Gasteiger partial charge on any atom is 0.413 e. The maximum absolute atomic E-state index is 12.4. The van der Waals surface area contributed by atoms with Crippen molar-refractivity contribution in [1.29, 1.82) is 0 Å². The number of carbonyl (C=O) groups excluding carboxylic acids is 2. The third-order valence-corrected chi connectivity index (χ3v) is 4.80. The second-order valence-corrected chi connectivity index (χ2v) is 6.79. The van der Waals surface area contributed by atoms with Crippen molar-refractivity contribution in [3.63, 3.8) is 0 Å². The summed E-state index contributed by atoms with van der Waals surface area (Å²) in [6, 6.07) is 7.55. The predicted octanol–water partition coefficient (Wildman–Crippen LogP) is 3.61. The molecule has 1 aliphatic heterocycles. The highest BCUT2D eigenvalue weighted by atomic mass is 32.1. The van der Waals surface area contributed by atoms with E-state index in [4.69, 9.17) is 4.74 Å². The molecule has 0 bridgehead atoms. The molecule has 0 saturated carbocycles. The third kappa shape index (κ3) is 4.27. The molecule has 2 aromatic rings. The highest BCUT2D eigenvalue weighted by molar-refractivity contribution is 7.15. The number of benzene rings is 1. The highest BCUT2D eigenvalue weighted by Crippen LogP contribution is 2.28. The van der Waals surface area contributed by atoms with E-state index in [9.17, 15) is 9.59 Å². The number of thiazole rings is 1. The third-order valence-electron chi connectivity index (χ3n) is 3.81. The fourth-order valence-electron chi connectivity index (χ4n) is 2.52. The Hall–Kier alpha value is -2.61. The van der Waals surface area contributed by atoms with Crippen molar-refractivity contribution < 1.29 is 14.3 Å². The molecule has 3 rings (SSSR count).